The van der Waals surface area contributed by atoms with Crippen LogP contribution in [0.1, 0.15) is 24.8 Å². The molecule has 112 valence electrons. The molecule has 1 aromatic carbocycles. The van der Waals surface area contributed by atoms with Gasteiger partial charge >= 0.3 is 0 Å². The van der Waals surface area contributed by atoms with E-state index < -0.39 is 0 Å². The number of hydrogen-bond donors (Lipinski definition) is 2. The van der Waals surface area contributed by atoms with Crippen LogP contribution in [0.5, 0.6) is 0 Å². The highest BCUT2D eigenvalue weighted by Crippen LogP contribution is 2.30. The second-order valence-electron chi connectivity index (χ2n) is 5.88. The molecule has 0 bridgehead atoms. The van der Waals surface area contributed by atoms with Crippen LogP contribution in [0.25, 0.3) is 5.69 Å². The van der Waals surface area contributed by atoms with Gasteiger partial charge in [-0.25, -0.2) is 4.68 Å². The maximum Gasteiger partial charge on any atom is 0.0645 e. The van der Waals surface area contributed by atoms with E-state index in [0.29, 0.717) is 18.4 Å². The van der Waals surface area contributed by atoms with Gasteiger partial charge in [0.2, 0.25) is 0 Å². The smallest absolute Gasteiger partial charge is 0.0645 e. The van der Waals surface area contributed by atoms with Crippen molar-refractivity contribution >= 4 is 0 Å². The molecule has 2 unspecified atom stereocenters. The summed E-state index contributed by atoms with van der Waals surface area (Å²) in [6.07, 6.45) is 7.42. The fourth-order valence-corrected chi connectivity index (χ4v) is 3.21. The van der Waals surface area contributed by atoms with E-state index in [4.69, 9.17) is 0 Å². The van der Waals surface area contributed by atoms with Crippen LogP contribution in [-0.4, -0.2) is 28.0 Å². The van der Waals surface area contributed by atoms with Gasteiger partial charge in [-0.1, -0.05) is 18.6 Å². The molecule has 1 aromatic heterocycles. The largest absolute Gasteiger partial charge is 0.396 e. The van der Waals surface area contributed by atoms with Gasteiger partial charge in [0.25, 0.3) is 0 Å². The fourth-order valence-electron chi connectivity index (χ4n) is 3.21. The number of benzene rings is 1. The highest BCUT2D eigenvalue weighted by atomic mass is 16.3. The second kappa shape index (κ2) is 6.87. The van der Waals surface area contributed by atoms with E-state index in [0.717, 1.165) is 18.8 Å². The van der Waals surface area contributed by atoms with Gasteiger partial charge in [-0.2, -0.15) is 5.10 Å². The van der Waals surface area contributed by atoms with E-state index in [1.807, 2.05) is 16.9 Å². The number of nitrogens with zero attached hydrogens (tertiary/aromatic N) is 2. The zero-order valence-corrected chi connectivity index (χ0v) is 12.3. The summed E-state index contributed by atoms with van der Waals surface area (Å²) in [7, 11) is 0. The number of aliphatic hydroxyl groups is 1. The summed E-state index contributed by atoms with van der Waals surface area (Å²) in [5.41, 5.74) is 2.37. The lowest BCUT2D eigenvalue weighted by atomic mass is 9.97. The van der Waals surface area contributed by atoms with Crippen molar-refractivity contribution in [1.82, 2.24) is 15.1 Å². The van der Waals surface area contributed by atoms with Crippen LogP contribution in [0.3, 0.4) is 0 Å². The van der Waals surface area contributed by atoms with E-state index in [9.17, 15) is 5.11 Å². The van der Waals surface area contributed by atoms with E-state index in [1.54, 1.807) is 6.20 Å². The first-order valence-corrected chi connectivity index (χ1v) is 7.77. The minimum absolute atomic E-state index is 0.338. The fraction of sp³-hybridized carbons (Fsp3) is 0.471. The molecule has 1 aliphatic carbocycles. The third-order valence-electron chi connectivity index (χ3n) is 4.49. The Bertz CT molecular complexity index is 536. The van der Waals surface area contributed by atoms with Crippen molar-refractivity contribution in [3.05, 3.63) is 48.3 Å². The summed E-state index contributed by atoms with van der Waals surface area (Å²) in [6, 6.07) is 10.4. The third-order valence-corrected chi connectivity index (χ3v) is 4.49. The number of rotatable bonds is 6. The molecule has 0 amide bonds. The van der Waals surface area contributed by atoms with Crippen LogP contribution >= 0.6 is 0 Å². The van der Waals surface area contributed by atoms with Gasteiger partial charge in [-0.15, -0.1) is 0 Å². The summed E-state index contributed by atoms with van der Waals surface area (Å²) in [6.45, 7) is 2.23. The Kier molecular flexibility index (Phi) is 4.68. The molecule has 1 fully saturated rings. The Hall–Kier alpha value is -1.65. The van der Waals surface area contributed by atoms with Crippen molar-refractivity contribution in [3.8, 4) is 5.69 Å². The molecule has 2 atom stereocenters. The zero-order valence-electron chi connectivity index (χ0n) is 12.3. The van der Waals surface area contributed by atoms with E-state index in [2.05, 4.69) is 34.7 Å². The van der Waals surface area contributed by atoms with Crippen LogP contribution in [0.2, 0.25) is 0 Å². The van der Waals surface area contributed by atoms with Crippen LogP contribution in [0.15, 0.2) is 42.7 Å². The van der Waals surface area contributed by atoms with Crippen LogP contribution in [-0.2, 0) is 6.54 Å². The maximum absolute atomic E-state index is 9.34. The van der Waals surface area contributed by atoms with Crippen molar-refractivity contribution in [1.29, 1.82) is 0 Å². The van der Waals surface area contributed by atoms with Crippen LogP contribution in [0, 0.1) is 11.8 Å². The van der Waals surface area contributed by atoms with Gasteiger partial charge in [-0.05, 0) is 55.0 Å². The van der Waals surface area contributed by atoms with Gasteiger partial charge < -0.3 is 10.4 Å². The number of aliphatic hydroxyl groups excluding tert-OH is 1. The Labute approximate surface area is 125 Å². The minimum Gasteiger partial charge on any atom is -0.396 e. The molecule has 2 aromatic rings. The number of hydrogen-bond acceptors (Lipinski definition) is 3. The molecule has 2 N–H and O–H groups in total. The predicted molar refractivity (Wildman–Crippen MR) is 83.2 cm³/mol. The molecule has 0 radical (unpaired) electrons. The highest BCUT2D eigenvalue weighted by molar-refractivity contribution is 5.33. The maximum atomic E-state index is 9.34. The van der Waals surface area contributed by atoms with Gasteiger partial charge in [0.1, 0.15) is 0 Å². The lowest BCUT2D eigenvalue weighted by molar-refractivity contribution is 0.192. The SMILES string of the molecule is OCC1CCCC1CNCc1ccc(-n2cccn2)cc1. The molecule has 1 saturated carbocycles. The zero-order chi connectivity index (χ0) is 14.5. The van der Waals surface area contributed by atoms with E-state index in [1.165, 1.54) is 24.8 Å². The molecule has 0 spiro atoms. The van der Waals surface area contributed by atoms with Crippen molar-refractivity contribution < 1.29 is 5.11 Å². The molecule has 4 nitrogen and oxygen atoms in total. The minimum atomic E-state index is 0.338. The highest BCUT2D eigenvalue weighted by Gasteiger charge is 2.25. The Morgan fingerprint density at radius 1 is 1.19 bits per heavy atom. The van der Waals surface area contributed by atoms with E-state index in [-0.39, 0.29) is 0 Å². The lowest BCUT2D eigenvalue weighted by Gasteiger charge is -2.17. The molecule has 0 aliphatic heterocycles. The summed E-state index contributed by atoms with van der Waals surface area (Å²) in [5.74, 6) is 1.14. The summed E-state index contributed by atoms with van der Waals surface area (Å²) < 4.78 is 1.86. The monoisotopic (exact) mass is 285 g/mol. The van der Waals surface area contributed by atoms with Crippen molar-refractivity contribution in [2.45, 2.75) is 25.8 Å². The molecule has 4 heteroatoms. The van der Waals surface area contributed by atoms with Crippen LogP contribution in [0.4, 0.5) is 0 Å². The quantitative estimate of drug-likeness (QED) is 0.856. The third kappa shape index (κ3) is 3.52. The summed E-state index contributed by atoms with van der Waals surface area (Å²) in [4.78, 5) is 0. The molecular formula is C17H23N3O. The van der Waals surface area contributed by atoms with Crippen molar-refractivity contribution in [3.63, 3.8) is 0 Å². The Balaban J connectivity index is 1.49. The number of aromatic nitrogens is 2. The first-order valence-electron chi connectivity index (χ1n) is 7.77. The predicted octanol–water partition coefficient (Wildman–Crippen LogP) is 2.37. The molecule has 3 rings (SSSR count). The molecule has 1 aliphatic rings. The van der Waals surface area contributed by atoms with Gasteiger partial charge in [0.05, 0.1) is 5.69 Å². The molecule has 0 saturated heterocycles. The molecule has 1 heterocycles. The lowest BCUT2D eigenvalue weighted by Crippen LogP contribution is -2.26. The Morgan fingerprint density at radius 3 is 2.71 bits per heavy atom. The Morgan fingerprint density at radius 2 is 2.00 bits per heavy atom. The van der Waals surface area contributed by atoms with Crippen molar-refractivity contribution in [2.75, 3.05) is 13.2 Å². The van der Waals surface area contributed by atoms with Crippen LogP contribution < -0.4 is 5.32 Å². The van der Waals surface area contributed by atoms with Gasteiger partial charge in [0, 0.05) is 25.5 Å². The molecular weight excluding hydrogens is 262 g/mol. The molecule has 21 heavy (non-hydrogen) atoms. The van der Waals surface area contributed by atoms with Gasteiger partial charge in [-0.3, -0.25) is 0 Å². The van der Waals surface area contributed by atoms with Crippen molar-refractivity contribution in [2.24, 2.45) is 11.8 Å². The first-order chi connectivity index (χ1) is 10.4. The second-order valence-corrected chi connectivity index (χ2v) is 5.88. The summed E-state index contributed by atoms with van der Waals surface area (Å²) >= 11 is 0. The summed E-state index contributed by atoms with van der Waals surface area (Å²) in [5, 5.41) is 17.1. The standard InChI is InChI=1S/C17H23N3O/c21-13-16-4-1-3-15(16)12-18-11-14-5-7-17(8-6-14)20-10-2-9-19-20/h2,5-10,15-16,18,21H,1,3-4,11-13H2. The van der Waals surface area contributed by atoms with Gasteiger partial charge in [0.15, 0.2) is 0 Å². The van der Waals surface area contributed by atoms with E-state index >= 15 is 0 Å². The average molecular weight is 285 g/mol. The number of nitrogens with one attached hydrogen (secondary N) is 1. The normalized spacial score (nSPS) is 21.8. The topological polar surface area (TPSA) is 50.1 Å². The average Bonchev–Trinajstić information content (AvgIpc) is 3.19. The first kappa shape index (κ1) is 14.3.